The van der Waals surface area contributed by atoms with E-state index in [9.17, 15) is 14.9 Å². The molecule has 0 aliphatic heterocycles. The van der Waals surface area contributed by atoms with Gasteiger partial charge in [0.05, 0.1) is 44.6 Å². The number of benzene rings is 2. The van der Waals surface area contributed by atoms with E-state index in [1.165, 1.54) is 59.6 Å². The highest BCUT2D eigenvalue weighted by Crippen LogP contribution is 2.38. The Balaban J connectivity index is 2.08. The van der Waals surface area contributed by atoms with E-state index in [-0.39, 0.29) is 22.4 Å². The van der Waals surface area contributed by atoms with E-state index in [1.807, 2.05) is 0 Å². The maximum Gasteiger partial charge on any atom is 0.329 e. The second-order valence-corrected chi connectivity index (χ2v) is 6.53. The van der Waals surface area contributed by atoms with Gasteiger partial charge in [-0.05, 0) is 42.8 Å². The number of rotatable bonds is 7. The number of carbonyl (C=O) groups is 1. The summed E-state index contributed by atoms with van der Waals surface area (Å²) in [6, 6.07) is 7.77. The van der Waals surface area contributed by atoms with E-state index < -0.39 is 5.78 Å². The molecule has 0 bridgehead atoms. The van der Waals surface area contributed by atoms with E-state index in [4.69, 9.17) is 18.9 Å². The first-order chi connectivity index (χ1) is 14.9. The molecule has 0 aliphatic rings. The molecular weight excluding hydrogens is 404 g/mol. The third-order valence-corrected chi connectivity index (χ3v) is 4.82. The average Bonchev–Trinajstić information content (AvgIpc) is 2.80. The van der Waals surface area contributed by atoms with Crippen LogP contribution in [0.4, 0.5) is 0 Å². The number of hydrogen-bond donors (Lipinski definition) is 0. The van der Waals surface area contributed by atoms with Crippen LogP contribution in [0.15, 0.2) is 36.4 Å². The number of ether oxygens (including phenoxy) is 4. The molecule has 9 nitrogen and oxygen atoms in total. The van der Waals surface area contributed by atoms with Crippen molar-refractivity contribution in [2.75, 3.05) is 28.4 Å². The van der Waals surface area contributed by atoms with Gasteiger partial charge in [-0.2, -0.15) is 0 Å². The summed E-state index contributed by atoms with van der Waals surface area (Å²) in [5, 5.41) is 12.6. The largest absolute Gasteiger partial charge is 0.805 e. The van der Waals surface area contributed by atoms with Crippen LogP contribution in [-0.4, -0.2) is 39.0 Å². The molecule has 0 atom stereocenters. The number of nitrogens with zero attached hydrogens (tertiary/aromatic N) is 2. The molecular formula is C22H22N2O7. The first-order valence-electron chi connectivity index (χ1n) is 9.22. The van der Waals surface area contributed by atoms with Gasteiger partial charge >= 0.3 is 5.69 Å². The van der Waals surface area contributed by atoms with Crippen LogP contribution in [0.1, 0.15) is 21.7 Å². The lowest BCUT2D eigenvalue weighted by Gasteiger charge is -2.16. The molecule has 31 heavy (non-hydrogen) atoms. The standard InChI is InChI=1S/C22H22N2O7/c1-13-21(24(27)17-12-15(28-2)7-8-16(17)23(13)26)18(25)9-6-14-10-19(29-3)22(31-5)20(11-14)30-4/h6-12H,1-5H3/b9-6+. The second-order valence-electron chi connectivity index (χ2n) is 6.53. The number of fused-ring (bicyclic) bond motifs is 1. The van der Waals surface area contributed by atoms with E-state index in [2.05, 4.69) is 0 Å². The Hall–Kier alpha value is -4.01. The third-order valence-electron chi connectivity index (χ3n) is 4.82. The summed E-state index contributed by atoms with van der Waals surface area (Å²) in [5.74, 6) is 1.01. The summed E-state index contributed by atoms with van der Waals surface area (Å²) in [7, 11) is 5.90. The molecule has 0 amide bonds. The van der Waals surface area contributed by atoms with Crippen molar-refractivity contribution >= 4 is 22.9 Å². The quantitative estimate of drug-likeness (QED) is 0.325. The molecule has 0 N–H and O–H groups in total. The fraction of sp³-hybridized carbons (Fsp3) is 0.227. The van der Waals surface area contributed by atoms with Gasteiger partial charge in [-0.15, -0.1) is 0 Å². The van der Waals surface area contributed by atoms with Crippen molar-refractivity contribution in [3.63, 3.8) is 0 Å². The van der Waals surface area contributed by atoms with Gasteiger partial charge in [-0.3, -0.25) is 4.79 Å². The van der Waals surface area contributed by atoms with Crippen molar-refractivity contribution in [3.05, 3.63) is 63.5 Å². The molecule has 1 heterocycles. The molecule has 3 aromatic rings. The molecule has 0 spiro atoms. The van der Waals surface area contributed by atoms with Gasteiger partial charge < -0.3 is 28.9 Å². The zero-order valence-electron chi connectivity index (χ0n) is 17.8. The van der Waals surface area contributed by atoms with Crippen molar-refractivity contribution in [2.24, 2.45) is 0 Å². The number of ketones is 1. The van der Waals surface area contributed by atoms with E-state index in [1.54, 1.807) is 18.2 Å². The minimum absolute atomic E-state index is 0.00721. The summed E-state index contributed by atoms with van der Waals surface area (Å²) in [4.78, 5) is 25.8. The molecule has 3 rings (SSSR count). The van der Waals surface area contributed by atoms with Crippen molar-refractivity contribution in [2.45, 2.75) is 6.92 Å². The monoisotopic (exact) mass is 426 g/mol. The highest BCUT2D eigenvalue weighted by atomic mass is 16.5. The third kappa shape index (κ3) is 3.89. The zero-order valence-corrected chi connectivity index (χ0v) is 17.8. The van der Waals surface area contributed by atoms with Crippen LogP contribution in [0.5, 0.6) is 23.0 Å². The van der Waals surface area contributed by atoms with E-state index in [0.717, 1.165) is 0 Å². The second kappa shape index (κ2) is 8.78. The predicted molar refractivity (Wildman–Crippen MR) is 115 cm³/mol. The van der Waals surface area contributed by atoms with Crippen molar-refractivity contribution < 1.29 is 28.2 Å². The van der Waals surface area contributed by atoms with Crippen molar-refractivity contribution in [3.8, 4) is 23.0 Å². The van der Waals surface area contributed by atoms with Crippen LogP contribution in [0.3, 0.4) is 0 Å². The van der Waals surface area contributed by atoms with Gasteiger partial charge in [0.25, 0.3) is 11.3 Å². The van der Waals surface area contributed by atoms with Crippen LogP contribution in [0.25, 0.3) is 17.1 Å². The lowest BCUT2D eigenvalue weighted by atomic mass is 10.1. The zero-order chi connectivity index (χ0) is 22.7. The summed E-state index contributed by atoms with van der Waals surface area (Å²) in [6.07, 6.45) is 2.71. The topological polar surface area (TPSA) is 105 Å². The smallest absolute Gasteiger partial charge is 0.329 e. The van der Waals surface area contributed by atoms with Gasteiger partial charge in [0.1, 0.15) is 11.3 Å². The number of carbonyl (C=O) groups excluding carboxylic acids is 1. The first kappa shape index (κ1) is 21.7. The number of methoxy groups -OCH3 is 4. The van der Waals surface area contributed by atoms with Crippen LogP contribution in [0.2, 0.25) is 0 Å². The SMILES string of the molecule is COc1ccc2c(c1)[n+](=O)c(C(=O)/C=C/c1cc(OC)c(OC)c(OC)c1)c(C)n2[O-]. The Bertz CT molecular complexity index is 1220. The fourth-order valence-electron chi connectivity index (χ4n) is 3.24. The van der Waals surface area contributed by atoms with Crippen LogP contribution in [-0.2, 0) is 0 Å². The molecule has 0 saturated heterocycles. The summed E-state index contributed by atoms with van der Waals surface area (Å²) < 4.78 is 22.0. The Labute approximate surface area is 178 Å². The molecule has 0 aliphatic carbocycles. The van der Waals surface area contributed by atoms with E-state index in [0.29, 0.717) is 37.7 Å². The predicted octanol–water partition coefficient (Wildman–Crippen LogP) is 3.14. The maximum atomic E-state index is 12.9. The Morgan fingerprint density at radius 2 is 1.65 bits per heavy atom. The molecule has 0 radical (unpaired) electrons. The average molecular weight is 426 g/mol. The van der Waals surface area contributed by atoms with Crippen molar-refractivity contribution in [1.82, 2.24) is 4.73 Å². The fourth-order valence-corrected chi connectivity index (χ4v) is 3.24. The van der Waals surface area contributed by atoms with Crippen LogP contribution >= 0.6 is 0 Å². The highest BCUT2D eigenvalue weighted by molar-refractivity contribution is 6.05. The minimum atomic E-state index is -0.629. The van der Waals surface area contributed by atoms with Gasteiger partial charge in [0.2, 0.25) is 5.75 Å². The molecule has 0 unspecified atom stereocenters. The summed E-state index contributed by atoms with van der Waals surface area (Å²) in [5.41, 5.74) is 0.463. The number of allylic oxidation sites excluding steroid dienone is 1. The Morgan fingerprint density at radius 3 is 2.19 bits per heavy atom. The molecule has 0 fully saturated rings. The Kier molecular flexibility index (Phi) is 6.15. The van der Waals surface area contributed by atoms with Gasteiger partial charge in [-0.1, -0.05) is 6.08 Å². The molecule has 162 valence electrons. The molecule has 1 aromatic heterocycles. The molecule has 9 heteroatoms. The van der Waals surface area contributed by atoms with E-state index >= 15 is 0 Å². The summed E-state index contributed by atoms with van der Waals surface area (Å²) in [6.45, 7) is 1.42. The van der Waals surface area contributed by atoms with Gasteiger partial charge in [-0.25, -0.2) is 0 Å². The summed E-state index contributed by atoms with van der Waals surface area (Å²) >= 11 is 0. The molecule has 2 aromatic carbocycles. The van der Waals surface area contributed by atoms with Gasteiger partial charge in [0.15, 0.2) is 11.5 Å². The van der Waals surface area contributed by atoms with Gasteiger partial charge in [0, 0.05) is 4.91 Å². The maximum absolute atomic E-state index is 12.9. The Morgan fingerprint density at radius 1 is 1.00 bits per heavy atom. The van der Waals surface area contributed by atoms with Crippen molar-refractivity contribution in [1.29, 1.82) is 0 Å². The van der Waals surface area contributed by atoms with Crippen LogP contribution < -0.4 is 23.4 Å². The minimum Gasteiger partial charge on any atom is -0.805 e. The first-order valence-corrected chi connectivity index (χ1v) is 9.22. The molecule has 0 saturated carbocycles. The highest BCUT2D eigenvalue weighted by Gasteiger charge is 2.25. The lowest BCUT2D eigenvalue weighted by molar-refractivity contribution is -0.468. The number of hydrogen-bond acceptors (Lipinski definition) is 7. The number of aromatic nitrogens is 2. The van der Waals surface area contributed by atoms with Crippen LogP contribution in [0, 0.1) is 17.0 Å². The normalized spacial score (nSPS) is 11.0. The lowest BCUT2D eigenvalue weighted by Crippen LogP contribution is -2.29.